The zero-order chi connectivity index (χ0) is 14.4. The topological polar surface area (TPSA) is 38.3 Å². The summed E-state index contributed by atoms with van der Waals surface area (Å²) in [4.78, 5) is 11.9. The van der Waals surface area contributed by atoms with Crippen LogP contribution in [0.4, 0.5) is 4.39 Å². The first-order chi connectivity index (χ1) is 9.70. The molecule has 0 unspecified atom stereocenters. The Bertz CT molecular complexity index is 599. The van der Waals surface area contributed by atoms with Crippen LogP contribution in [0.1, 0.15) is 21.5 Å². The fraction of sp³-hybridized carbons (Fsp3) is 0.188. The Morgan fingerprint density at radius 2 is 1.90 bits per heavy atom. The molecule has 0 atom stereocenters. The first kappa shape index (κ1) is 14.2. The quantitative estimate of drug-likeness (QED) is 0.909. The largest absolute Gasteiger partial charge is 0.380 e. The lowest BCUT2D eigenvalue weighted by molar-refractivity contribution is 0.0950. The zero-order valence-electron chi connectivity index (χ0n) is 11.2. The van der Waals surface area contributed by atoms with Gasteiger partial charge in [-0.2, -0.15) is 0 Å². The molecular formula is C16H16FNO2. The van der Waals surface area contributed by atoms with E-state index in [1.807, 2.05) is 24.3 Å². The number of methoxy groups -OCH3 is 1. The predicted molar refractivity (Wildman–Crippen MR) is 74.7 cm³/mol. The third-order valence-corrected chi connectivity index (χ3v) is 2.94. The minimum atomic E-state index is -0.419. The number of carbonyl (C=O) groups excluding carboxylic acids is 1. The molecule has 4 heteroatoms. The number of rotatable bonds is 5. The Morgan fingerprint density at radius 3 is 2.60 bits per heavy atom. The number of benzene rings is 2. The summed E-state index contributed by atoms with van der Waals surface area (Å²) in [5, 5.41) is 2.78. The van der Waals surface area contributed by atoms with E-state index in [-0.39, 0.29) is 5.91 Å². The van der Waals surface area contributed by atoms with E-state index in [0.717, 1.165) is 11.1 Å². The van der Waals surface area contributed by atoms with Crippen LogP contribution in [0.25, 0.3) is 0 Å². The van der Waals surface area contributed by atoms with Gasteiger partial charge in [-0.05, 0) is 29.3 Å². The molecule has 0 fully saturated rings. The van der Waals surface area contributed by atoms with Crippen molar-refractivity contribution in [1.29, 1.82) is 0 Å². The molecule has 2 rings (SSSR count). The highest BCUT2D eigenvalue weighted by Gasteiger charge is 2.07. The summed E-state index contributed by atoms with van der Waals surface area (Å²) in [6, 6.07) is 13.3. The van der Waals surface area contributed by atoms with E-state index in [9.17, 15) is 9.18 Å². The Morgan fingerprint density at radius 1 is 1.15 bits per heavy atom. The standard InChI is InChI=1S/C16H16FNO2/c1-20-11-14-6-3-2-5-13(14)10-18-16(19)12-7-4-8-15(17)9-12/h2-9H,10-11H2,1H3,(H,18,19). The summed E-state index contributed by atoms with van der Waals surface area (Å²) >= 11 is 0. The monoisotopic (exact) mass is 273 g/mol. The van der Waals surface area contributed by atoms with Crippen molar-refractivity contribution < 1.29 is 13.9 Å². The lowest BCUT2D eigenvalue weighted by Gasteiger charge is -2.10. The van der Waals surface area contributed by atoms with Gasteiger partial charge < -0.3 is 10.1 Å². The second kappa shape index (κ2) is 6.82. The van der Waals surface area contributed by atoms with Gasteiger partial charge in [0, 0.05) is 19.2 Å². The Labute approximate surface area is 117 Å². The van der Waals surface area contributed by atoms with E-state index in [2.05, 4.69) is 5.32 Å². The van der Waals surface area contributed by atoms with Crippen molar-refractivity contribution in [2.75, 3.05) is 7.11 Å². The number of halogens is 1. The summed E-state index contributed by atoms with van der Waals surface area (Å²) in [5.74, 6) is -0.714. The van der Waals surface area contributed by atoms with E-state index in [0.29, 0.717) is 18.7 Å². The van der Waals surface area contributed by atoms with Gasteiger partial charge in [-0.3, -0.25) is 4.79 Å². The Balaban J connectivity index is 2.03. The van der Waals surface area contributed by atoms with Gasteiger partial charge in [0.2, 0.25) is 0 Å². The van der Waals surface area contributed by atoms with Crippen LogP contribution in [-0.2, 0) is 17.9 Å². The van der Waals surface area contributed by atoms with Gasteiger partial charge in [0.1, 0.15) is 5.82 Å². The van der Waals surface area contributed by atoms with Crippen molar-refractivity contribution in [3.63, 3.8) is 0 Å². The molecule has 0 heterocycles. The van der Waals surface area contributed by atoms with Crippen LogP contribution in [-0.4, -0.2) is 13.0 Å². The molecule has 1 N–H and O–H groups in total. The molecule has 0 saturated carbocycles. The summed E-state index contributed by atoms with van der Waals surface area (Å²) in [5.41, 5.74) is 2.32. The van der Waals surface area contributed by atoms with Gasteiger partial charge in [0.05, 0.1) is 6.61 Å². The zero-order valence-corrected chi connectivity index (χ0v) is 11.2. The molecule has 2 aromatic carbocycles. The number of carbonyl (C=O) groups is 1. The molecular weight excluding hydrogens is 257 g/mol. The van der Waals surface area contributed by atoms with Crippen LogP contribution < -0.4 is 5.32 Å². The van der Waals surface area contributed by atoms with Crippen molar-refractivity contribution in [2.45, 2.75) is 13.2 Å². The van der Waals surface area contributed by atoms with Crippen molar-refractivity contribution in [3.05, 3.63) is 71.0 Å². The highest BCUT2D eigenvalue weighted by atomic mass is 19.1. The van der Waals surface area contributed by atoms with Gasteiger partial charge in [-0.1, -0.05) is 30.3 Å². The first-order valence-electron chi connectivity index (χ1n) is 6.30. The number of amides is 1. The maximum Gasteiger partial charge on any atom is 0.251 e. The summed E-state index contributed by atoms with van der Waals surface area (Å²) in [6.45, 7) is 0.876. The maximum absolute atomic E-state index is 13.1. The van der Waals surface area contributed by atoms with Crippen LogP contribution in [0.2, 0.25) is 0 Å². The molecule has 20 heavy (non-hydrogen) atoms. The summed E-state index contributed by atoms with van der Waals surface area (Å²) < 4.78 is 18.2. The molecule has 3 nitrogen and oxygen atoms in total. The lowest BCUT2D eigenvalue weighted by Crippen LogP contribution is -2.23. The molecule has 0 aliphatic rings. The minimum Gasteiger partial charge on any atom is -0.380 e. The Kier molecular flexibility index (Phi) is 4.85. The smallest absolute Gasteiger partial charge is 0.251 e. The average molecular weight is 273 g/mol. The predicted octanol–water partition coefficient (Wildman–Crippen LogP) is 2.90. The second-order valence-corrected chi connectivity index (χ2v) is 4.39. The molecule has 1 amide bonds. The van der Waals surface area contributed by atoms with Crippen LogP contribution in [0.5, 0.6) is 0 Å². The van der Waals surface area contributed by atoms with Gasteiger partial charge >= 0.3 is 0 Å². The van der Waals surface area contributed by atoms with Gasteiger partial charge in [-0.15, -0.1) is 0 Å². The SMILES string of the molecule is COCc1ccccc1CNC(=O)c1cccc(F)c1. The molecule has 104 valence electrons. The number of nitrogens with one attached hydrogen (secondary N) is 1. The average Bonchev–Trinajstić information content (AvgIpc) is 2.46. The van der Waals surface area contributed by atoms with Gasteiger partial charge in [-0.25, -0.2) is 4.39 Å². The van der Waals surface area contributed by atoms with E-state index in [1.54, 1.807) is 13.2 Å². The number of ether oxygens (including phenoxy) is 1. The van der Waals surface area contributed by atoms with Crippen molar-refractivity contribution in [1.82, 2.24) is 5.32 Å². The van der Waals surface area contributed by atoms with Crippen LogP contribution in [0, 0.1) is 5.82 Å². The molecule has 0 spiro atoms. The molecule has 0 aliphatic heterocycles. The van der Waals surface area contributed by atoms with Gasteiger partial charge in [0.25, 0.3) is 5.91 Å². The first-order valence-corrected chi connectivity index (χ1v) is 6.30. The van der Waals surface area contributed by atoms with E-state index >= 15 is 0 Å². The van der Waals surface area contributed by atoms with Crippen molar-refractivity contribution in [3.8, 4) is 0 Å². The fourth-order valence-electron chi connectivity index (χ4n) is 1.93. The van der Waals surface area contributed by atoms with E-state index < -0.39 is 5.82 Å². The molecule has 0 aliphatic carbocycles. The van der Waals surface area contributed by atoms with Crippen LogP contribution in [0.15, 0.2) is 48.5 Å². The van der Waals surface area contributed by atoms with Crippen molar-refractivity contribution in [2.24, 2.45) is 0 Å². The number of hydrogen-bond acceptors (Lipinski definition) is 2. The highest BCUT2D eigenvalue weighted by Crippen LogP contribution is 2.10. The minimum absolute atomic E-state index is 0.295. The van der Waals surface area contributed by atoms with Crippen LogP contribution in [0.3, 0.4) is 0 Å². The molecule has 0 radical (unpaired) electrons. The molecule has 0 saturated heterocycles. The summed E-state index contributed by atoms with van der Waals surface area (Å²) in [6.07, 6.45) is 0. The second-order valence-electron chi connectivity index (χ2n) is 4.39. The fourth-order valence-corrected chi connectivity index (χ4v) is 1.93. The van der Waals surface area contributed by atoms with Gasteiger partial charge in [0.15, 0.2) is 0 Å². The Hall–Kier alpha value is -2.20. The highest BCUT2D eigenvalue weighted by molar-refractivity contribution is 5.94. The number of hydrogen-bond donors (Lipinski definition) is 1. The van der Waals surface area contributed by atoms with Crippen molar-refractivity contribution >= 4 is 5.91 Å². The van der Waals surface area contributed by atoms with E-state index in [1.165, 1.54) is 18.2 Å². The van der Waals surface area contributed by atoms with Crippen LogP contribution >= 0.6 is 0 Å². The maximum atomic E-state index is 13.1. The van der Waals surface area contributed by atoms with E-state index in [4.69, 9.17) is 4.74 Å². The molecule has 0 bridgehead atoms. The molecule has 2 aromatic rings. The molecule has 0 aromatic heterocycles. The third-order valence-electron chi connectivity index (χ3n) is 2.94. The summed E-state index contributed by atoms with van der Waals surface area (Å²) in [7, 11) is 1.63. The third kappa shape index (κ3) is 3.65. The normalized spacial score (nSPS) is 10.3. The lowest BCUT2D eigenvalue weighted by atomic mass is 10.1.